The first-order valence-electron chi connectivity index (χ1n) is 5.63. The van der Waals surface area contributed by atoms with Crippen LogP contribution in [0.3, 0.4) is 0 Å². The van der Waals surface area contributed by atoms with Gasteiger partial charge in [-0.05, 0) is 19.3 Å². The summed E-state index contributed by atoms with van der Waals surface area (Å²) in [5.41, 5.74) is -0.569. The van der Waals surface area contributed by atoms with Crippen molar-refractivity contribution < 1.29 is 14.4 Å². The van der Waals surface area contributed by atoms with Gasteiger partial charge in [0.25, 0.3) is 0 Å². The fourth-order valence-electron chi connectivity index (χ4n) is 1.18. The minimum Gasteiger partial charge on any atom is -0.550 e. The molecule has 0 aliphatic rings. The SMILES string of the molecule is CCC(CC)(CC)C(=O)[O-].C[N+](C)(C)C. The molecule has 15 heavy (non-hydrogen) atoms. The Kier molecular flexibility index (Phi) is 7.67. The third-order valence-corrected chi connectivity index (χ3v) is 2.46. The maximum Gasteiger partial charge on any atom is 0.0675 e. The largest absolute Gasteiger partial charge is 0.550 e. The van der Waals surface area contributed by atoms with Crippen LogP contribution in [0, 0.1) is 5.41 Å². The number of rotatable bonds is 4. The van der Waals surface area contributed by atoms with Crippen LogP contribution in [0.25, 0.3) is 0 Å². The van der Waals surface area contributed by atoms with Gasteiger partial charge in [-0.1, -0.05) is 20.8 Å². The molecule has 0 unspecified atom stereocenters. The van der Waals surface area contributed by atoms with Gasteiger partial charge >= 0.3 is 0 Å². The molecule has 0 spiro atoms. The highest BCUT2D eigenvalue weighted by Crippen LogP contribution is 2.28. The van der Waals surface area contributed by atoms with Crippen molar-refractivity contribution in [1.29, 1.82) is 0 Å². The normalized spacial score (nSPS) is 11.7. The average Bonchev–Trinajstić information content (AvgIpc) is 2.05. The van der Waals surface area contributed by atoms with Crippen molar-refractivity contribution in [1.82, 2.24) is 0 Å². The highest BCUT2D eigenvalue weighted by Gasteiger charge is 2.24. The molecule has 0 aromatic carbocycles. The Bertz CT molecular complexity index is 164. The van der Waals surface area contributed by atoms with Gasteiger partial charge in [-0.3, -0.25) is 0 Å². The molecule has 0 radical (unpaired) electrons. The third kappa shape index (κ3) is 8.43. The second kappa shape index (κ2) is 6.83. The van der Waals surface area contributed by atoms with E-state index >= 15 is 0 Å². The van der Waals surface area contributed by atoms with Crippen LogP contribution in [0.2, 0.25) is 0 Å². The summed E-state index contributed by atoms with van der Waals surface area (Å²) in [5, 5.41) is 10.6. The van der Waals surface area contributed by atoms with E-state index in [1.165, 1.54) is 0 Å². The van der Waals surface area contributed by atoms with E-state index in [2.05, 4.69) is 28.2 Å². The van der Waals surface area contributed by atoms with Crippen molar-refractivity contribution in [2.24, 2.45) is 5.41 Å². The van der Waals surface area contributed by atoms with Crippen LogP contribution >= 0.6 is 0 Å². The van der Waals surface area contributed by atoms with Crippen LogP contribution < -0.4 is 5.11 Å². The first-order chi connectivity index (χ1) is 6.63. The van der Waals surface area contributed by atoms with Gasteiger partial charge in [-0.2, -0.15) is 0 Å². The number of carbonyl (C=O) groups excluding carboxylic acids is 1. The van der Waals surface area contributed by atoms with E-state index in [9.17, 15) is 9.90 Å². The second-order valence-electron chi connectivity index (χ2n) is 5.31. The van der Waals surface area contributed by atoms with E-state index in [1.54, 1.807) is 0 Å². The number of hydrogen-bond acceptors (Lipinski definition) is 2. The van der Waals surface area contributed by atoms with Gasteiger partial charge in [0.05, 0.1) is 28.2 Å². The van der Waals surface area contributed by atoms with Crippen LogP contribution in [0.5, 0.6) is 0 Å². The predicted octanol–water partition coefficient (Wildman–Crippen LogP) is 1.28. The molecule has 0 aromatic rings. The fraction of sp³-hybridized carbons (Fsp3) is 0.917. The molecule has 92 valence electrons. The van der Waals surface area contributed by atoms with E-state index < -0.39 is 11.4 Å². The molecule has 0 fully saturated rings. The van der Waals surface area contributed by atoms with E-state index in [0.29, 0.717) is 19.3 Å². The maximum atomic E-state index is 10.6. The molecule has 3 heteroatoms. The highest BCUT2D eigenvalue weighted by atomic mass is 16.4. The summed E-state index contributed by atoms with van der Waals surface area (Å²) in [6.45, 7) is 5.68. The minimum absolute atomic E-state index is 0.569. The van der Waals surface area contributed by atoms with Gasteiger partial charge in [0.15, 0.2) is 0 Å². The Labute approximate surface area is 94.7 Å². The molecule has 0 atom stereocenters. The first-order valence-corrected chi connectivity index (χ1v) is 5.63. The highest BCUT2D eigenvalue weighted by molar-refractivity contribution is 5.72. The van der Waals surface area contributed by atoms with E-state index in [1.807, 2.05) is 20.8 Å². The summed E-state index contributed by atoms with van der Waals surface area (Å²) in [5.74, 6) is -0.903. The number of carbonyl (C=O) groups is 1. The second-order valence-corrected chi connectivity index (χ2v) is 5.31. The van der Waals surface area contributed by atoms with Crippen molar-refractivity contribution in [3.05, 3.63) is 0 Å². The molecule has 0 aliphatic carbocycles. The summed E-state index contributed by atoms with van der Waals surface area (Å²) in [4.78, 5) is 10.6. The van der Waals surface area contributed by atoms with Crippen LogP contribution in [0.1, 0.15) is 40.0 Å². The zero-order chi connectivity index (χ0) is 12.7. The standard InChI is InChI=1S/C8H16O2.C4H12N/c1-4-8(5-2,6-3)7(9)10;1-5(2,3)4/h4-6H2,1-3H3,(H,9,10);1-4H3/q;+1/p-1. The van der Waals surface area contributed by atoms with Gasteiger partial charge < -0.3 is 14.4 Å². The van der Waals surface area contributed by atoms with Crippen molar-refractivity contribution >= 4 is 5.97 Å². The van der Waals surface area contributed by atoms with E-state index in [4.69, 9.17) is 0 Å². The number of aliphatic carboxylic acids is 1. The fourth-order valence-corrected chi connectivity index (χ4v) is 1.18. The zero-order valence-corrected chi connectivity index (χ0v) is 11.4. The topological polar surface area (TPSA) is 40.1 Å². The molecule has 0 saturated heterocycles. The summed E-state index contributed by atoms with van der Waals surface area (Å²) < 4.78 is 1.00. The summed E-state index contributed by atoms with van der Waals surface area (Å²) in [6.07, 6.45) is 2.01. The quantitative estimate of drug-likeness (QED) is 0.665. The van der Waals surface area contributed by atoms with Gasteiger partial charge in [-0.15, -0.1) is 0 Å². The van der Waals surface area contributed by atoms with Crippen molar-refractivity contribution in [2.45, 2.75) is 40.0 Å². The maximum absolute atomic E-state index is 10.6. The number of hydrogen-bond donors (Lipinski definition) is 0. The Balaban J connectivity index is 0. The predicted molar refractivity (Wildman–Crippen MR) is 62.3 cm³/mol. The van der Waals surface area contributed by atoms with Gasteiger partial charge in [0.2, 0.25) is 0 Å². The molecule has 0 heterocycles. The molecule has 0 saturated carbocycles. The molecular weight excluding hydrogens is 190 g/mol. The monoisotopic (exact) mass is 217 g/mol. The Morgan fingerprint density at radius 1 is 1.00 bits per heavy atom. The molecule has 0 amide bonds. The lowest BCUT2D eigenvalue weighted by Crippen LogP contribution is -2.41. The van der Waals surface area contributed by atoms with Gasteiger partial charge in [-0.25, -0.2) is 0 Å². The minimum atomic E-state index is -0.903. The molecule has 0 rings (SSSR count). The number of carboxylic acid groups (broad SMARTS) is 1. The van der Waals surface area contributed by atoms with Crippen LogP contribution in [-0.4, -0.2) is 38.6 Å². The lowest BCUT2D eigenvalue weighted by molar-refractivity contribution is -0.849. The van der Waals surface area contributed by atoms with Crippen LogP contribution in [0.4, 0.5) is 0 Å². The van der Waals surface area contributed by atoms with Crippen LogP contribution in [-0.2, 0) is 4.79 Å². The third-order valence-electron chi connectivity index (χ3n) is 2.46. The van der Waals surface area contributed by atoms with E-state index in [-0.39, 0.29) is 0 Å². The summed E-state index contributed by atoms with van der Waals surface area (Å²) >= 11 is 0. The van der Waals surface area contributed by atoms with Crippen molar-refractivity contribution in [3.8, 4) is 0 Å². The molecular formula is C12H27NO2. The first kappa shape index (κ1) is 16.8. The van der Waals surface area contributed by atoms with Gasteiger partial charge in [0.1, 0.15) is 0 Å². The Morgan fingerprint density at radius 2 is 1.20 bits per heavy atom. The summed E-state index contributed by atoms with van der Waals surface area (Å²) in [7, 11) is 8.50. The van der Waals surface area contributed by atoms with Crippen molar-refractivity contribution in [2.75, 3.05) is 28.2 Å². The smallest absolute Gasteiger partial charge is 0.0675 e. The molecule has 0 aliphatic heterocycles. The lowest BCUT2D eigenvalue weighted by Gasteiger charge is -2.31. The Hall–Kier alpha value is -0.570. The molecule has 3 nitrogen and oxygen atoms in total. The molecule has 0 N–H and O–H groups in total. The Morgan fingerprint density at radius 3 is 1.20 bits per heavy atom. The van der Waals surface area contributed by atoms with Gasteiger partial charge in [0, 0.05) is 11.4 Å². The summed E-state index contributed by atoms with van der Waals surface area (Å²) in [6, 6.07) is 0. The number of quaternary nitrogens is 1. The van der Waals surface area contributed by atoms with Crippen LogP contribution in [0.15, 0.2) is 0 Å². The zero-order valence-electron chi connectivity index (χ0n) is 11.4. The van der Waals surface area contributed by atoms with E-state index in [0.717, 1.165) is 4.48 Å². The van der Waals surface area contributed by atoms with Crippen molar-refractivity contribution in [3.63, 3.8) is 0 Å². The molecule has 0 bridgehead atoms. The number of nitrogens with zero attached hydrogens (tertiary/aromatic N) is 1. The average molecular weight is 217 g/mol. The lowest BCUT2D eigenvalue weighted by atomic mass is 9.80. The number of carboxylic acids is 1. The molecule has 0 aromatic heterocycles.